The van der Waals surface area contributed by atoms with Crippen LogP contribution < -0.4 is 10.1 Å². The first-order chi connectivity index (χ1) is 9.13. The molecule has 19 heavy (non-hydrogen) atoms. The lowest BCUT2D eigenvalue weighted by Gasteiger charge is -2.08. The van der Waals surface area contributed by atoms with Gasteiger partial charge in [0, 0.05) is 24.6 Å². The molecule has 0 saturated carbocycles. The van der Waals surface area contributed by atoms with Gasteiger partial charge in [-0.1, -0.05) is 34.1 Å². The van der Waals surface area contributed by atoms with E-state index in [4.69, 9.17) is 4.74 Å². The highest BCUT2D eigenvalue weighted by molar-refractivity contribution is 9.10. The van der Waals surface area contributed by atoms with Crippen LogP contribution in [0.2, 0.25) is 0 Å². The molecule has 102 valence electrons. The number of aromatic nitrogens is 2. The van der Waals surface area contributed by atoms with E-state index in [1.807, 2.05) is 32.2 Å². The summed E-state index contributed by atoms with van der Waals surface area (Å²) in [5.74, 6) is 0.817. The van der Waals surface area contributed by atoms with Crippen LogP contribution in [0.4, 0.5) is 0 Å². The first-order valence-electron chi connectivity index (χ1n) is 6.14. The van der Waals surface area contributed by atoms with E-state index in [0.29, 0.717) is 0 Å². The molecular formula is C14H18BrN3O. The normalized spacial score (nSPS) is 10.7. The van der Waals surface area contributed by atoms with Crippen LogP contribution in [0.5, 0.6) is 5.88 Å². The Morgan fingerprint density at radius 1 is 1.32 bits per heavy atom. The van der Waals surface area contributed by atoms with Gasteiger partial charge in [-0.25, -0.2) is 4.68 Å². The molecule has 0 radical (unpaired) electrons. The van der Waals surface area contributed by atoms with Crippen LogP contribution in [0.15, 0.2) is 28.7 Å². The van der Waals surface area contributed by atoms with Crippen LogP contribution in [-0.2, 0) is 20.1 Å². The molecule has 2 rings (SSSR count). The maximum Gasteiger partial charge on any atom is 0.216 e. The van der Waals surface area contributed by atoms with E-state index in [1.165, 1.54) is 5.56 Å². The SMILES string of the molecule is COc1c(CNCc2ccccc2Br)c(C)nn1C. The summed E-state index contributed by atoms with van der Waals surface area (Å²) in [5, 5.41) is 7.79. The molecule has 0 unspecified atom stereocenters. The highest BCUT2D eigenvalue weighted by Crippen LogP contribution is 2.21. The van der Waals surface area contributed by atoms with E-state index in [1.54, 1.807) is 11.8 Å². The lowest BCUT2D eigenvalue weighted by molar-refractivity contribution is 0.368. The zero-order chi connectivity index (χ0) is 13.8. The number of rotatable bonds is 5. The van der Waals surface area contributed by atoms with Gasteiger partial charge in [0.1, 0.15) is 0 Å². The zero-order valence-corrected chi connectivity index (χ0v) is 13.0. The van der Waals surface area contributed by atoms with Gasteiger partial charge in [-0.05, 0) is 18.6 Å². The number of nitrogens with zero attached hydrogens (tertiary/aromatic N) is 2. The smallest absolute Gasteiger partial charge is 0.216 e. The zero-order valence-electron chi connectivity index (χ0n) is 11.4. The van der Waals surface area contributed by atoms with E-state index in [9.17, 15) is 0 Å². The maximum absolute atomic E-state index is 5.37. The monoisotopic (exact) mass is 323 g/mol. The molecule has 0 aliphatic carbocycles. The fourth-order valence-corrected chi connectivity index (χ4v) is 2.53. The van der Waals surface area contributed by atoms with E-state index >= 15 is 0 Å². The Balaban J connectivity index is 2.02. The topological polar surface area (TPSA) is 39.1 Å². The largest absolute Gasteiger partial charge is 0.481 e. The Labute approximate surface area is 121 Å². The molecule has 0 atom stereocenters. The van der Waals surface area contributed by atoms with Crippen molar-refractivity contribution in [1.29, 1.82) is 0 Å². The van der Waals surface area contributed by atoms with Gasteiger partial charge in [0.15, 0.2) is 0 Å². The van der Waals surface area contributed by atoms with Crippen LogP contribution in [0.25, 0.3) is 0 Å². The van der Waals surface area contributed by atoms with Crippen molar-refractivity contribution in [3.05, 3.63) is 45.6 Å². The third-order valence-electron chi connectivity index (χ3n) is 3.06. The lowest BCUT2D eigenvalue weighted by atomic mass is 10.2. The van der Waals surface area contributed by atoms with Gasteiger partial charge < -0.3 is 10.1 Å². The molecule has 0 aliphatic heterocycles. The number of halogens is 1. The van der Waals surface area contributed by atoms with Gasteiger partial charge in [-0.2, -0.15) is 5.10 Å². The quantitative estimate of drug-likeness (QED) is 0.919. The van der Waals surface area contributed by atoms with Gasteiger partial charge in [0.05, 0.1) is 18.4 Å². The number of benzene rings is 1. The fraction of sp³-hybridized carbons (Fsp3) is 0.357. The second-order valence-corrected chi connectivity index (χ2v) is 5.25. The predicted molar refractivity (Wildman–Crippen MR) is 79.2 cm³/mol. The Bertz CT molecular complexity index is 566. The Morgan fingerprint density at radius 2 is 2.05 bits per heavy atom. The summed E-state index contributed by atoms with van der Waals surface area (Å²) in [7, 11) is 3.57. The maximum atomic E-state index is 5.37. The molecular weight excluding hydrogens is 306 g/mol. The summed E-state index contributed by atoms with van der Waals surface area (Å²) in [4.78, 5) is 0. The predicted octanol–water partition coefficient (Wildman–Crippen LogP) is 2.79. The molecule has 1 N–H and O–H groups in total. The van der Waals surface area contributed by atoms with E-state index < -0.39 is 0 Å². The van der Waals surface area contributed by atoms with Crippen molar-refractivity contribution in [1.82, 2.24) is 15.1 Å². The third kappa shape index (κ3) is 3.16. The average Bonchev–Trinajstić information content (AvgIpc) is 2.66. The minimum absolute atomic E-state index is 0.740. The molecule has 0 aliphatic rings. The average molecular weight is 324 g/mol. The Kier molecular flexibility index (Phi) is 4.61. The van der Waals surface area contributed by atoms with Gasteiger partial charge in [-0.15, -0.1) is 0 Å². The van der Waals surface area contributed by atoms with Gasteiger partial charge >= 0.3 is 0 Å². The van der Waals surface area contributed by atoms with Crippen LogP contribution in [0, 0.1) is 6.92 Å². The van der Waals surface area contributed by atoms with Crippen molar-refractivity contribution in [3.63, 3.8) is 0 Å². The van der Waals surface area contributed by atoms with Crippen molar-refractivity contribution < 1.29 is 4.74 Å². The summed E-state index contributed by atoms with van der Waals surface area (Å²) in [5.41, 5.74) is 3.35. The van der Waals surface area contributed by atoms with E-state index in [2.05, 4.69) is 32.4 Å². The van der Waals surface area contributed by atoms with Crippen LogP contribution >= 0.6 is 15.9 Å². The molecule has 0 spiro atoms. The number of nitrogens with one attached hydrogen (secondary N) is 1. The van der Waals surface area contributed by atoms with Crippen LogP contribution in [0.3, 0.4) is 0 Å². The molecule has 1 heterocycles. The van der Waals surface area contributed by atoms with Crippen molar-refractivity contribution in [2.45, 2.75) is 20.0 Å². The highest BCUT2D eigenvalue weighted by Gasteiger charge is 2.13. The number of ether oxygens (including phenoxy) is 1. The number of methoxy groups -OCH3 is 1. The molecule has 1 aromatic heterocycles. The summed E-state index contributed by atoms with van der Waals surface area (Å²) >= 11 is 3.55. The Hall–Kier alpha value is -1.33. The van der Waals surface area contributed by atoms with Gasteiger partial charge in [0.2, 0.25) is 5.88 Å². The summed E-state index contributed by atoms with van der Waals surface area (Å²) < 4.78 is 8.27. The number of hydrogen-bond acceptors (Lipinski definition) is 3. The van der Waals surface area contributed by atoms with E-state index in [-0.39, 0.29) is 0 Å². The summed E-state index contributed by atoms with van der Waals surface area (Å²) in [6.45, 7) is 3.54. The number of aryl methyl sites for hydroxylation is 2. The second-order valence-electron chi connectivity index (χ2n) is 4.39. The molecule has 1 aromatic carbocycles. The van der Waals surface area contributed by atoms with Gasteiger partial charge in [-0.3, -0.25) is 0 Å². The summed E-state index contributed by atoms with van der Waals surface area (Å²) in [6.07, 6.45) is 0. The van der Waals surface area contributed by atoms with Crippen molar-refractivity contribution in [3.8, 4) is 5.88 Å². The van der Waals surface area contributed by atoms with Crippen molar-refractivity contribution >= 4 is 15.9 Å². The Morgan fingerprint density at radius 3 is 2.74 bits per heavy atom. The first kappa shape index (κ1) is 14.1. The van der Waals surface area contributed by atoms with Crippen molar-refractivity contribution in [2.24, 2.45) is 7.05 Å². The third-order valence-corrected chi connectivity index (χ3v) is 3.83. The molecule has 0 saturated heterocycles. The standard InChI is InChI=1S/C14H18BrN3O/c1-10-12(14(19-3)18(2)17-10)9-16-8-11-6-4-5-7-13(11)15/h4-7,16H,8-9H2,1-3H3. The first-order valence-corrected chi connectivity index (χ1v) is 6.93. The second kappa shape index (κ2) is 6.21. The van der Waals surface area contributed by atoms with Crippen LogP contribution in [0.1, 0.15) is 16.8 Å². The van der Waals surface area contributed by atoms with Crippen molar-refractivity contribution in [2.75, 3.05) is 7.11 Å². The fourth-order valence-electron chi connectivity index (χ4n) is 2.10. The molecule has 2 aromatic rings. The number of hydrogen-bond donors (Lipinski definition) is 1. The minimum atomic E-state index is 0.740. The van der Waals surface area contributed by atoms with Crippen LogP contribution in [-0.4, -0.2) is 16.9 Å². The van der Waals surface area contributed by atoms with Gasteiger partial charge in [0.25, 0.3) is 0 Å². The highest BCUT2D eigenvalue weighted by atomic mass is 79.9. The lowest BCUT2D eigenvalue weighted by Crippen LogP contribution is -2.14. The molecule has 0 bridgehead atoms. The van der Waals surface area contributed by atoms with E-state index in [0.717, 1.165) is 34.7 Å². The minimum Gasteiger partial charge on any atom is -0.481 e. The molecule has 5 heteroatoms. The molecule has 0 amide bonds. The summed E-state index contributed by atoms with van der Waals surface area (Å²) in [6, 6.07) is 8.21. The molecule has 4 nitrogen and oxygen atoms in total. The molecule has 0 fully saturated rings.